The van der Waals surface area contributed by atoms with Crippen LogP contribution in [0.2, 0.25) is 0 Å². The zero-order valence-electron chi connectivity index (χ0n) is 10.9. The molecule has 1 aromatic carbocycles. The summed E-state index contributed by atoms with van der Waals surface area (Å²) in [4.78, 5) is 14.8. The Labute approximate surface area is 112 Å². The van der Waals surface area contributed by atoms with Gasteiger partial charge in [0, 0.05) is 31.7 Å². The van der Waals surface area contributed by atoms with E-state index >= 15 is 0 Å². The molecule has 4 nitrogen and oxygen atoms in total. The van der Waals surface area contributed by atoms with E-state index in [2.05, 4.69) is 4.90 Å². The summed E-state index contributed by atoms with van der Waals surface area (Å²) in [5.74, 6) is -0.961. The van der Waals surface area contributed by atoms with Crippen LogP contribution >= 0.6 is 0 Å². The molecular formula is C14H19FN2O2. The highest BCUT2D eigenvalue weighted by Crippen LogP contribution is 2.12. The summed E-state index contributed by atoms with van der Waals surface area (Å²) in [6.07, 6.45) is 0.918. The average Bonchev–Trinajstić information content (AvgIpc) is 2.57. The van der Waals surface area contributed by atoms with Crippen molar-refractivity contribution in [2.45, 2.75) is 13.0 Å². The smallest absolute Gasteiger partial charge is 0.317 e. The van der Waals surface area contributed by atoms with Crippen LogP contribution in [0.1, 0.15) is 12.0 Å². The first-order valence-corrected chi connectivity index (χ1v) is 6.55. The first-order valence-electron chi connectivity index (χ1n) is 6.55. The number of carboxylic acids is 1. The van der Waals surface area contributed by atoms with Gasteiger partial charge in [0.25, 0.3) is 0 Å². The first-order chi connectivity index (χ1) is 9.15. The number of carboxylic acid groups (broad SMARTS) is 1. The summed E-state index contributed by atoms with van der Waals surface area (Å²) in [7, 11) is 0. The molecule has 0 aliphatic carbocycles. The van der Waals surface area contributed by atoms with Crippen LogP contribution in [-0.2, 0) is 11.3 Å². The van der Waals surface area contributed by atoms with Crippen molar-refractivity contribution in [3.63, 3.8) is 0 Å². The second-order valence-corrected chi connectivity index (χ2v) is 4.89. The fourth-order valence-corrected chi connectivity index (χ4v) is 2.40. The Hall–Kier alpha value is -1.46. The molecule has 0 bridgehead atoms. The van der Waals surface area contributed by atoms with Crippen molar-refractivity contribution in [1.29, 1.82) is 0 Å². The molecule has 1 N–H and O–H groups in total. The van der Waals surface area contributed by atoms with Gasteiger partial charge >= 0.3 is 5.97 Å². The molecule has 0 radical (unpaired) electrons. The Kier molecular flexibility index (Phi) is 4.87. The fourth-order valence-electron chi connectivity index (χ4n) is 2.40. The number of aliphatic carboxylic acids is 1. The maximum absolute atomic E-state index is 13.6. The van der Waals surface area contributed by atoms with E-state index in [-0.39, 0.29) is 12.4 Å². The second kappa shape index (κ2) is 6.63. The minimum atomic E-state index is -0.789. The van der Waals surface area contributed by atoms with Crippen LogP contribution < -0.4 is 0 Å². The Bertz CT molecular complexity index is 439. The molecule has 0 aromatic heterocycles. The third-order valence-electron chi connectivity index (χ3n) is 3.39. The lowest BCUT2D eigenvalue weighted by molar-refractivity contribution is -0.138. The second-order valence-electron chi connectivity index (χ2n) is 4.89. The maximum Gasteiger partial charge on any atom is 0.317 e. The number of hydrogen-bond donors (Lipinski definition) is 1. The van der Waals surface area contributed by atoms with Crippen molar-refractivity contribution >= 4 is 5.97 Å². The van der Waals surface area contributed by atoms with Gasteiger partial charge in [0.1, 0.15) is 5.82 Å². The highest BCUT2D eigenvalue weighted by Gasteiger charge is 2.17. The van der Waals surface area contributed by atoms with Gasteiger partial charge in [-0.2, -0.15) is 0 Å². The summed E-state index contributed by atoms with van der Waals surface area (Å²) in [6.45, 7) is 3.86. The summed E-state index contributed by atoms with van der Waals surface area (Å²) < 4.78 is 13.6. The number of nitrogens with zero attached hydrogens (tertiary/aromatic N) is 2. The summed E-state index contributed by atoms with van der Waals surface area (Å²) >= 11 is 0. The van der Waals surface area contributed by atoms with Gasteiger partial charge in [-0.25, -0.2) is 4.39 Å². The molecule has 104 valence electrons. The monoisotopic (exact) mass is 266 g/mol. The summed E-state index contributed by atoms with van der Waals surface area (Å²) in [5.41, 5.74) is 0.703. The van der Waals surface area contributed by atoms with Crippen molar-refractivity contribution in [1.82, 2.24) is 9.80 Å². The van der Waals surface area contributed by atoms with E-state index < -0.39 is 5.97 Å². The lowest BCUT2D eigenvalue weighted by Gasteiger charge is -2.21. The molecule has 2 rings (SSSR count). The highest BCUT2D eigenvalue weighted by molar-refractivity contribution is 5.69. The van der Waals surface area contributed by atoms with Gasteiger partial charge in [0.15, 0.2) is 0 Å². The van der Waals surface area contributed by atoms with Gasteiger partial charge in [0.05, 0.1) is 6.54 Å². The van der Waals surface area contributed by atoms with Crippen molar-refractivity contribution in [3.05, 3.63) is 35.6 Å². The Morgan fingerprint density at radius 3 is 2.58 bits per heavy atom. The molecule has 1 saturated heterocycles. The van der Waals surface area contributed by atoms with Gasteiger partial charge < -0.3 is 5.11 Å². The Balaban J connectivity index is 1.89. The molecule has 0 spiro atoms. The molecule has 5 heteroatoms. The van der Waals surface area contributed by atoms with E-state index in [1.165, 1.54) is 6.07 Å². The van der Waals surface area contributed by atoms with Crippen LogP contribution in [-0.4, -0.2) is 53.6 Å². The van der Waals surface area contributed by atoms with Crippen molar-refractivity contribution < 1.29 is 14.3 Å². The number of hydrogen-bond acceptors (Lipinski definition) is 3. The topological polar surface area (TPSA) is 43.8 Å². The molecular weight excluding hydrogens is 247 g/mol. The Morgan fingerprint density at radius 1 is 1.16 bits per heavy atom. The molecule has 0 atom stereocenters. The van der Waals surface area contributed by atoms with E-state index in [0.717, 1.165) is 32.6 Å². The van der Waals surface area contributed by atoms with Crippen LogP contribution in [0.5, 0.6) is 0 Å². The maximum atomic E-state index is 13.6. The number of benzene rings is 1. The predicted octanol–water partition coefficient (Wildman–Crippen LogP) is 1.42. The van der Waals surface area contributed by atoms with Gasteiger partial charge in [0.2, 0.25) is 0 Å². The van der Waals surface area contributed by atoms with Gasteiger partial charge in [-0.1, -0.05) is 18.2 Å². The quantitative estimate of drug-likeness (QED) is 0.895. The van der Waals surface area contributed by atoms with E-state index in [9.17, 15) is 9.18 Å². The van der Waals surface area contributed by atoms with Crippen LogP contribution in [0.3, 0.4) is 0 Å². The standard InChI is InChI=1S/C14H19FN2O2/c15-13-5-2-1-4-12(13)10-16-6-3-7-17(9-8-16)11-14(18)19/h1-2,4-5H,3,6-11H2,(H,18,19). The van der Waals surface area contributed by atoms with E-state index in [1.807, 2.05) is 11.0 Å². The Morgan fingerprint density at radius 2 is 1.84 bits per heavy atom. The number of halogens is 1. The van der Waals surface area contributed by atoms with Crippen LogP contribution in [0.15, 0.2) is 24.3 Å². The van der Waals surface area contributed by atoms with Gasteiger partial charge in [-0.15, -0.1) is 0 Å². The van der Waals surface area contributed by atoms with Gasteiger partial charge in [-0.05, 0) is 19.0 Å². The summed E-state index contributed by atoms with van der Waals surface area (Å²) in [5, 5.41) is 8.79. The molecule has 0 amide bonds. The first kappa shape index (κ1) is 14.0. The van der Waals surface area contributed by atoms with E-state index in [4.69, 9.17) is 5.11 Å². The molecule has 1 aliphatic heterocycles. The SMILES string of the molecule is O=C(O)CN1CCCN(Cc2ccccc2F)CC1. The molecule has 1 aliphatic rings. The average molecular weight is 266 g/mol. The zero-order chi connectivity index (χ0) is 13.7. The third kappa shape index (κ3) is 4.29. The minimum Gasteiger partial charge on any atom is -0.480 e. The summed E-state index contributed by atoms with van der Waals surface area (Å²) in [6, 6.07) is 6.81. The lowest BCUT2D eigenvalue weighted by atomic mass is 10.2. The van der Waals surface area contributed by atoms with Crippen LogP contribution in [0, 0.1) is 5.82 Å². The lowest BCUT2D eigenvalue weighted by Crippen LogP contribution is -2.34. The molecule has 1 heterocycles. The highest BCUT2D eigenvalue weighted by atomic mass is 19.1. The largest absolute Gasteiger partial charge is 0.480 e. The van der Waals surface area contributed by atoms with Crippen molar-refractivity contribution in [3.8, 4) is 0 Å². The molecule has 19 heavy (non-hydrogen) atoms. The zero-order valence-corrected chi connectivity index (χ0v) is 10.9. The third-order valence-corrected chi connectivity index (χ3v) is 3.39. The van der Waals surface area contributed by atoms with Crippen molar-refractivity contribution in [2.24, 2.45) is 0 Å². The van der Waals surface area contributed by atoms with Crippen LogP contribution in [0.25, 0.3) is 0 Å². The van der Waals surface area contributed by atoms with Gasteiger partial charge in [-0.3, -0.25) is 14.6 Å². The number of carbonyl (C=O) groups is 1. The van der Waals surface area contributed by atoms with Crippen molar-refractivity contribution in [2.75, 3.05) is 32.7 Å². The molecule has 1 fully saturated rings. The molecule has 0 saturated carbocycles. The fraction of sp³-hybridized carbons (Fsp3) is 0.500. The van der Waals surface area contributed by atoms with E-state index in [1.54, 1.807) is 12.1 Å². The van der Waals surface area contributed by atoms with E-state index in [0.29, 0.717) is 12.1 Å². The number of rotatable bonds is 4. The normalized spacial score (nSPS) is 18.2. The molecule has 0 unspecified atom stereocenters. The van der Waals surface area contributed by atoms with Crippen LogP contribution in [0.4, 0.5) is 4.39 Å². The minimum absolute atomic E-state index is 0.0908. The predicted molar refractivity (Wildman–Crippen MR) is 70.4 cm³/mol. The molecule has 1 aromatic rings.